The van der Waals surface area contributed by atoms with Crippen LogP contribution in [0.5, 0.6) is 0 Å². The minimum absolute atomic E-state index is 0.0900. The molecule has 7 heteroatoms. The van der Waals surface area contributed by atoms with E-state index in [-0.39, 0.29) is 18.9 Å². The van der Waals surface area contributed by atoms with Crippen LogP contribution in [-0.2, 0) is 11.3 Å². The summed E-state index contributed by atoms with van der Waals surface area (Å²) >= 11 is 0. The zero-order valence-electron chi connectivity index (χ0n) is 12.6. The van der Waals surface area contributed by atoms with Gasteiger partial charge in [0.05, 0.1) is 6.54 Å². The van der Waals surface area contributed by atoms with Gasteiger partial charge in [-0.2, -0.15) is 13.2 Å². The van der Waals surface area contributed by atoms with Crippen LogP contribution in [0.1, 0.15) is 12.0 Å². The third kappa shape index (κ3) is 4.25. The van der Waals surface area contributed by atoms with E-state index in [2.05, 4.69) is 6.58 Å². The molecule has 0 saturated carbocycles. The average molecular weight is 328 g/mol. The van der Waals surface area contributed by atoms with Crippen LogP contribution in [0.2, 0.25) is 0 Å². The minimum atomic E-state index is -4.68. The molecule has 23 heavy (non-hydrogen) atoms. The molecule has 126 valence electrons. The number of hydrogen-bond acceptors (Lipinski definition) is 3. The van der Waals surface area contributed by atoms with E-state index in [9.17, 15) is 23.1 Å². The fourth-order valence-electron chi connectivity index (χ4n) is 2.58. The molecule has 1 unspecified atom stereocenters. The molecule has 0 spiro atoms. The third-order valence-corrected chi connectivity index (χ3v) is 3.76. The Labute approximate surface area is 132 Å². The van der Waals surface area contributed by atoms with Crippen molar-refractivity contribution in [3.05, 3.63) is 42.5 Å². The number of fused-ring (bicyclic) bond motifs is 1. The smallest absolute Gasteiger partial charge is 0.382 e. The Morgan fingerprint density at radius 2 is 2.00 bits per heavy atom. The summed E-state index contributed by atoms with van der Waals surface area (Å²) in [6.07, 6.45) is -5.43. The fraction of sp³-hybridized carbons (Fsp3) is 0.438. The first-order valence-electron chi connectivity index (χ1n) is 7.29. The fourth-order valence-corrected chi connectivity index (χ4v) is 2.58. The van der Waals surface area contributed by atoms with E-state index in [1.165, 1.54) is 4.90 Å². The Morgan fingerprint density at radius 3 is 2.65 bits per heavy atom. The van der Waals surface area contributed by atoms with E-state index in [0.717, 1.165) is 5.56 Å². The minimum Gasteiger partial charge on any atom is -0.382 e. The molecule has 0 saturated heterocycles. The number of aliphatic hydroxyl groups is 1. The number of para-hydroxylation sites is 1. The van der Waals surface area contributed by atoms with E-state index in [1.807, 2.05) is 0 Å². The quantitative estimate of drug-likeness (QED) is 0.863. The van der Waals surface area contributed by atoms with Crippen molar-refractivity contribution in [1.29, 1.82) is 0 Å². The maximum Gasteiger partial charge on any atom is 0.416 e. The number of anilines is 1. The van der Waals surface area contributed by atoms with Gasteiger partial charge in [-0.05, 0) is 11.6 Å². The summed E-state index contributed by atoms with van der Waals surface area (Å²) in [5.41, 5.74) is 1.36. The van der Waals surface area contributed by atoms with Crippen LogP contribution in [0.25, 0.3) is 0 Å². The van der Waals surface area contributed by atoms with Gasteiger partial charge >= 0.3 is 6.18 Å². The molecule has 1 aromatic carbocycles. The topological polar surface area (TPSA) is 43.8 Å². The Hall–Kier alpha value is -2.02. The lowest BCUT2D eigenvalue weighted by molar-refractivity contribution is -0.200. The molecule has 1 N–H and O–H groups in total. The number of β-amino-alcohol motifs (C(OH)–C–C–N with tert-alkyl or cyclic N) is 1. The molecular weight excluding hydrogens is 309 g/mol. The molecule has 0 radical (unpaired) electrons. The second-order valence-corrected chi connectivity index (χ2v) is 5.45. The van der Waals surface area contributed by atoms with Crippen molar-refractivity contribution in [1.82, 2.24) is 4.90 Å². The normalized spacial score (nSPS) is 17.3. The summed E-state index contributed by atoms with van der Waals surface area (Å²) < 4.78 is 37.9. The highest BCUT2D eigenvalue weighted by Crippen LogP contribution is 2.28. The van der Waals surface area contributed by atoms with Gasteiger partial charge in [-0.15, -0.1) is 6.58 Å². The van der Waals surface area contributed by atoms with Gasteiger partial charge in [0.2, 0.25) is 5.91 Å². The van der Waals surface area contributed by atoms with Crippen molar-refractivity contribution >= 4 is 11.6 Å². The molecule has 0 aliphatic carbocycles. The maximum absolute atomic E-state index is 12.6. The molecule has 1 heterocycles. The monoisotopic (exact) mass is 328 g/mol. The first kappa shape index (κ1) is 17.3. The molecule has 1 aromatic rings. The molecule has 1 aliphatic rings. The zero-order valence-corrected chi connectivity index (χ0v) is 12.6. The molecular formula is C16H19F3N2O2. The van der Waals surface area contributed by atoms with Crippen molar-refractivity contribution in [2.75, 3.05) is 24.5 Å². The van der Waals surface area contributed by atoms with Crippen molar-refractivity contribution in [2.45, 2.75) is 25.2 Å². The van der Waals surface area contributed by atoms with Crippen LogP contribution in [-0.4, -0.2) is 47.8 Å². The van der Waals surface area contributed by atoms with E-state index in [4.69, 9.17) is 0 Å². The number of benzene rings is 1. The van der Waals surface area contributed by atoms with E-state index in [0.29, 0.717) is 18.8 Å². The van der Waals surface area contributed by atoms with Gasteiger partial charge in [0.15, 0.2) is 6.10 Å². The van der Waals surface area contributed by atoms with Crippen LogP contribution >= 0.6 is 0 Å². The van der Waals surface area contributed by atoms with Gasteiger partial charge in [0, 0.05) is 31.7 Å². The third-order valence-electron chi connectivity index (χ3n) is 3.76. The van der Waals surface area contributed by atoms with Crippen molar-refractivity contribution < 1.29 is 23.1 Å². The van der Waals surface area contributed by atoms with Crippen LogP contribution in [0.3, 0.4) is 0 Å². The lowest BCUT2D eigenvalue weighted by Gasteiger charge is -2.34. The summed E-state index contributed by atoms with van der Waals surface area (Å²) in [5, 5.41) is 9.35. The van der Waals surface area contributed by atoms with E-state index < -0.39 is 18.8 Å². The second kappa shape index (κ2) is 7.04. The average Bonchev–Trinajstić information content (AvgIpc) is 2.49. The highest BCUT2D eigenvalue weighted by atomic mass is 19.4. The number of carbonyl (C=O) groups is 1. The first-order valence-corrected chi connectivity index (χ1v) is 7.29. The molecule has 2 rings (SSSR count). The van der Waals surface area contributed by atoms with Gasteiger partial charge in [0.25, 0.3) is 0 Å². The van der Waals surface area contributed by atoms with Crippen molar-refractivity contribution in [3.8, 4) is 0 Å². The number of hydrogen-bond donors (Lipinski definition) is 1. The second-order valence-electron chi connectivity index (χ2n) is 5.45. The van der Waals surface area contributed by atoms with Crippen LogP contribution in [0, 0.1) is 0 Å². The predicted octanol–water partition coefficient (Wildman–Crippen LogP) is 2.33. The van der Waals surface area contributed by atoms with Gasteiger partial charge in [-0.25, -0.2) is 0 Å². The van der Waals surface area contributed by atoms with Crippen molar-refractivity contribution in [3.63, 3.8) is 0 Å². The lowest BCUT2D eigenvalue weighted by atomic mass is 10.1. The number of carbonyl (C=O) groups excluding carboxylic acids is 1. The highest BCUT2D eigenvalue weighted by molar-refractivity contribution is 5.78. The summed E-state index contributed by atoms with van der Waals surface area (Å²) in [6.45, 7) is 3.84. The Bertz CT molecular complexity index is 575. The summed E-state index contributed by atoms with van der Waals surface area (Å²) in [6, 6.07) is 6.99. The van der Waals surface area contributed by atoms with Gasteiger partial charge in [-0.1, -0.05) is 24.3 Å². The Balaban J connectivity index is 2.29. The number of rotatable bonds is 4. The number of halogens is 3. The number of amides is 1. The van der Waals surface area contributed by atoms with E-state index in [1.54, 1.807) is 35.2 Å². The predicted molar refractivity (Wildman–Crippen MR) is 80.9 cm³/mol. The van der Waals surface area contributed by atoms with Crippen LogP contribution in [0.15, 0.2) is 36.9 Å². The van der Waals surface area contributed by atoms with Crippen molar-refractivity contribution in [2.24, 2.45) is 0 Å². The molecule has 0 bridgehead atoms. The number of aliphatic hydroxyl groups excluding tert-OH is 1. The standard InChI is InChI=1S/C16H19F3N2O2/c1-2-8-21-10-12-5-3-4-6-13(12)20(9-7-15(21)23)11-14(22)16(17,18)19/h2-6,14,22H,1,7-11H2. The first-order chi connectivity index (χ1) is 10.8. The Morgan fingerprint density at radius 1 is 1.30 bits per heavy atom. The summed E-state index contributed by atoms with van der Waals surface area (Å²) in [7, 11) is 0. The van der Waals surface area contributed by atoms with Crippen LogP contribution in [0.4, 0.5) is 18.9 Å². The Kier molecular flexibility index (Phi) is 5.30. The van der Waals surface area contributed by atoms with Gasteiger partial charge in [-0.3, -0.25) is 4.79 Å². The highest BCUT2D eigenvalue weighted by Gasteiger charge is 2.39. The zero-order chi connectivity index (χ0) is 17.0. The number of nitrogens with zero attached hydrogens (tertiary/aromatic N) is 2. The lowest BCUT2D eigenvalue weighted by Crippen LogP contribution is -2.44. The molecule has 1 atom stereocenters. The van der Waals surface area contributed by atoms with Gasteiger partial charge < -0.3 is 14.9 Å². The summed E-state index contributed by atoms with van der Waals surface area (Å²) in [4.78, 5) is 15.2. The molecule has 0 fully saturated rings. The number of alkyl halides is 3. The SMILES string of the molecule is C=CCN1Cc2ccccc2N(CC(O)C(F)(F)F)CCC1=O. The van der Waals surface area contributed by atoms with Gasteiger partial charge in [0.1, 0.15) is 0 Å². The molecule has 1 aliphatic heterocycles. The van der Waals surface area contributed by atoms with E-state index >= 15 is 0 Å². The largest absolute Gasteiger partial charge is 0.416 e. The molecule has 1 amide bonds. The maximum atomic E-state index is 12.6. The summed E-state index contributed by atoms with van der Waals surface area (Å²) in [5.74, 6) is -0.147. The molecule has 0 aromatic heterocycles. The molecule has 4 nitrogen and oxygen atoms in total. The van der Waals surface area contributed by atoms with Crippen LogP contribution < -0.4 is 4.90 Å².